The van der Waals surface area contributed by atoms with E-state index in [1.165, 1.54) is 7.11 Å². The summed E-state index contributed by atoms with van der Waals surface area (Å²) in [6, 6.07) is 3.78. The van der Waals surface area contributed by atoms with Crippen molar-refractivity contribution < 1.29 is 9.53 Å². The molecule has 8 heteroatoms. The molecule has 1 saturated heterocycles. The van der Waals surface area contributed by atoms with Crippen molar-refractivity contribution in [3.63, 3.8) is 0 Å². The summed E-state index contributed by atoms with van der Waals surface area (Å²) in [5.41, 5.74) is 1.86. The second-order valence-electron chi connectivity index (χ2n) is 6.10. The number of carbonyl (C=O) groups excluding carboxylic acids is 1. The van der Waals surface area contributed by atoms with E-state index in [4.69, 9.17) is 16.3 Å². The Bertz CT molecular complexity index is 755. The molecule has 0 unspecified atom stereocenters. The average molecular weight is 364 g/mol. The molecule has 1 aromatic carbocycles. The van der Waals surface area contributed by atoms with Crippen LogP contribution < -0.4 is 15.4 Å². The first-order valence-corrected chi connectivity index (χ1v) is 8.70. The van der Waals surface area contributed by atoms with Crippen molar-refractivity contribution in [3.05, 3.63) is 40.2 Å². The first kappa shape index (κ1) is 17.7. The summed E-state index contributed by atoms with van der Waals surface area (Å²) in [4.78, 5) is 12.6. The van der Waals surface area contributed by atoms with Gasteiger partial charge >= 0.3 is 0 Å². The van der Waals surface area contributed by atoms with Crippen molar-refractivity contribution in [2.45, 2.75) is 32.4 Å². The second-order valence-corrected chi connectivity index (χ2v) is 6.51. The SMILES string of the molecule is COc1ccc(Cl)c(C)c1C(=O)NCc1cn(C2CCNCC2)nn1. The van der Waals surface area contributed by atoms with E-state index in [0.717, 1.165) is 31.6 Å². The van der Waals surface area contributed by atoms with Crippen molar-refractivity contribution >= 4 is 17.5 Å². The third kappa shape index (κ3) is 3.93. The van der Waals surface area contributed by atoms with Gasteiger partial charge in [-0.2, -0.15) is 0 Å². The number of aromatic nitrogens is 3. The fraction of sp³-hybridized carbons (Fsp3) is 0.471. The van der Waals surface area contributed by atoms with E-state index in [9.17, 15) is 4.79 Å². The smallest absolute Gasteiger partial charge is 0.255 e. The zero-order valence-corrected chi connectivity index (χ0v) is 15.1. The van der Waals surface area contributed by atoms with E-state index >= 15 is 0 Å². The highest BCUT2D eigenvalue weighted by atomic mass is 35.5. The molecule has 2 N–H and O–H groups in total. The Hall–Kier alpha value is -2.12. The number of rotatable bonds is 5. The van der Waals surface area contributed by atoms with Crippen molar-refractivity contribution in [3.8, 4) is 5.75 Å². The van der Waals surface area contributed by atoms with Gasteiger partial charge in [0.2, 0.25) is 0 Å². The van der Waals surface area contributed by atoms with Gasteiger partial charge in [-0.05, 0) is 50.6 Å². The van der Waals surface area contributed by atoms with Crippen LogP contribution >= 0.6 is 11.6 Å². The van der Waals surface area contributed by atoms with Gasteiger partial charge in [0.15, 0.2) is 0 Å². The van der Waals surface area contributed by atoms with Gasteiger partial charge in [-0.1, -0.05) is 16.8 Å². The molecule has 1 aliphatic heterocycles. The van der Waals surface area contributed by atoms with Crippen LogP contribution in [0.4, 0.5) is 0 Å². The van der Waals surface area contributed by atoms with Crippen LogP contribution in [-0.2, 0) is 6.54 Å². The van der Waals surface area contributed by atoms with Crippen LogP contribution in [0, 0.1) is 6.92 Å². The van der Waals surface area contributed by atoms with Crippen molar-refractivity contribution in [2.75, 3.05) is 20.2 Å². The predicted molar refractivity (Wildman–Crippen MR) is 95.1 cm³/mol. The minimum Gasteiger partial charge on any atom is -0.496 e. The Morgan fingerprint density at radius 3 is 2.92 bits per heavy atom. The summed E-state index contributed by atoms with van der Waals surface area (Å²) >= 11 is 6.13. The summed E-state index contributed by atoms with van der Waals surface area (Å²) in [7, 11) is 1.53. The van der Waals surface area contributed by atoms with Crippen LogP contribution in [-0.4, -0.2) is 41.1 Å². The van der Waals surface area contributed by atoms with Gasteiger partial charge in [0.25, 0.3) is 5.91 Å². The zero-order valence-electron chi connectivity index (χ0n) is 14.4. The van der Waals surface area contributed by atoms with Gasteiger partial charge in [0, 0.05) is 5.02 Å². The van der Waals surface area contributed by atoms with Crippen LogP contribution in [0.15, 0.2) is 18.3 Å². The molecule has 0 spiro atoms. The fourth-order valence-electron chi connectivity index (χ4n) is 3.02. The first-order chi connectivity index (χ1) is 12.1. The van der Waals surface area contributed by atoms with E-state index in [1.807, 2.05) is 10.9 Å². The van der Waals surface area contributed by atoms with Crippen LogP contribution in [0.5, 0.6) is 5.75 Å². The Balaban J connectivity index is 1.67. The summed E-state index contributed by atoms with van der Waals surface area (Å²) < 4.78 is 7.18. The van der Waals surface area contributed by atoms with E-state index in [1.54, 1.807) is 19.1 Å². The van der Waals surface area contributed by atoms with Crippen LogP contribution in [0.3, 0.4) is 0 Å². The molecule has 2 heterocycles. The number of halogens is 1. The lowest BCUT2D eigenvalue weighted by molar-refractivity contribution is 0.0946. The van der Waals surface area contributed by atoms with E-state index in [-0.39, 0.29) is 5.91 Å². The monoisotopic (exact) mass is 363 g/mol. The molecule has 1 aliphatic rings. The molecule has 1 aromatic heterocycles. The number of methoxy groups -OCH3 is 1. The normalized spacial score (nSPS) is 15.2. The van der Waals surface area contributed by atoms with Gasteiger partial charge in [-0.15, -0.1) is 5.10 Å². The standard InChI is InChI=1S/C17H22ClN5O2/c1-11-14(18)3-4-15(25-2)16(11)17(24)20-9-12-10-23(22-21-12)13-5-7-19-8-6-13/h3-4,10,13,19H,5-9H2,1-2H3,(H,20,24). The number of nitrogens with one attached hydrogen (secondary N) is 2. The van der Waals surface area contributed by atoms with Crippen molar-refractivity contribution in [2.24, 2.45) is 0 Å². The quantitative estimate of drug-likeness (QED) is 0.850. The van der Waals surface area contributed by atoms with Gasteiger partial charge in [0.1, 0.15) is 11.4 Å². The Kier molecular flexibility index (Phi) is 5.55. The minimum absolute atomic E-state index is 0.242. The van der Waals surface area contributed by atoms with Crippen LogP contribution in [0.25, 0.3) is 0 Å². The molecule has 0 atom stereocenters. The van der Waals surface area contributed by atoms with Gasteiger partial charge in [0.05, 0.1) is 31.5 Å². The molecule has 25 heavy (non-hydrogen) atoms. The number of amides is 1. The van der Waals surface area contributed by atoms with Crippen LogP contribution in [0.1, 0.15) is 40.5 Å². The maximum atomic E-state index is 12.6. The number of ether oxygens (including phenoxy) is 1. The third-order valence-corrected chi connectivity index (χ3v) is 4.89. The second kappa shape index (κ2) is 7.84. The Morgan fingerprint density at radius 2 is 2.20 bits per heavy atom. The lowest BCUT2D eigenvalue weighted by atomic mass is 10.1. The molecular weight excluding hydrogens is 342 g/mol. The molecule has 0 aliphatic carbocycles. The third-order valence-electron chi connectivity index (χ3n) is 4.48. The molecule has 0 radical (unpaired) electrons. The summed E-state index contributed by atoms with van der Waals surface area (Å²) in [6.07, 6.45) is 3.97. The minimum atomic E-state index is -0.242. The molecule has 3 rings (SSSR count). The summed E-state index contributed by atoms with van der Waals surface area (Å²) in [5.74, 6) is 0.256. The number of carbonyl (C=O) groups is 1. The maximum Gasteiger partial charge on any atom is 0.255 e. The molecule has 1 fully saturated rings. The summed E-state index contributed by atoms with van der Waals surface area (Å²) in [6.45, 7) is 4.08. The molecule has 1 amide bonds. The summed E-state index contributed by atoms with van der Waals surface area (Å²) in [5, 5.41) is 15.1. The van der Waals surface area contributed by atoms with E-state index in [2.05, 4.69) is 20.9 Å². The number of nitrogens with zero attached hydrogens (tertiary/aromatic N) is 3. The zero-order chi connectivity index (χ0) is 17.8. The van der Waals surface area contributed by atoms with Crippen LogP contribution in [0.2, 0.25) is 5.02 Å². The number of piperidine rings is 1. The number of benzene rings is 1. The highest BCUT2D eigenvalue weighted by Crippen LogP contribution is 2.28. The topological polar surface area (TPSA) is 81.1 Å². The molecular formula is C17H22ClN5O2. The van der Waals surface area contributed by atoms with Gasteiger partial charge in [-0.25, -0.2) is 4.68 Å². The van der Waals surface area contributed by atoms with Gasteiger partial charge < -0.3 is 15.4 Å². The fourth-order valence-corrected chi connectivity index (χ4v) is 3.17. The number of hydrogen-bond donors (Lipinski definition) is 2. The van der Waals surface area contributed by atoms with E-state index < -0.39 is 0 Å². The lowest BCUT2D eigenvalue weighted by Gasteiger charge is -2.22. The molecule has 2 aromatic rings. The van der Waals surface area contributed by atoms with Crippen molar-refractivity contribution in [1.82, 2.24) is 25.6 Å². The lowest BCUT2D eigenvalue weighted by Crippen LogP contribution is -2.29. The number of hydrogen-bond acceptors (Lipinski definition) is 5. The highest BCUT2D eigenvalue weighted by Gasteiger charge is 2.19. The molecule has 0 saturated carbocycles. The molecule has 0 bridgehead atoms. The first-order valence-electron chi connectivity index (χ1n) is 8.33. The maximum absolute atomic E-state index is 12.6. The highest BCUT2D eigenvalue weighted by molar-refractivity contribution is 6.32. The van der Waals surface area contributed by atoms with Crippen molar-refractivity contribution in [1.29, 1.82) is 0 Å². The Morgan fingerprint density at radius 1 is 1.44 bits per heavy atom. The average Bonchev–Trinajstić information content (AvgIpc) is 3.11. The van der Waals surface area contributed by atoms with E-state index in [0.29, 0.717) is 34.5 Å². The predicted octanol–water partition coefficient (Wildman–Crippen LogP) is 2.10. The van der Waals surface area contributed by atoms with Gasteiger partial charge in [-0.3, -0.25) is 4.79 Å². The Labute approximate surface area is 151 Å². The molecule has 7 nitrogen and oxygen atoms in total. The largest absolute Gasteiger partial charge is 0.496 e. The molecule has 134 valence electrons.